The predicted molar refractivity (Wildman–Crippen MR) is 97.7 cm³/mol. The van der Waals surface area contributed by atoms with Crippen molar-refractivity contribution in [1.29, 1.82) is 0 Å². The Bertz CT molecular complexity index is 87.7. The summed E-state index contributed by atoms with van der Waals surface area (Å²) in [6, 6.07) is 0. The van der Waals surface area contributed by atoms with E-state index in [0.717, 1.165) is 11.1 Å². The molecule has 17 heavy (non-hydrogen) atoms. The van der Waals surface area contributed by atoms with E-state index < -0.39 is 0 Å². The van der Waals surface area contributed by atoms with Gasteiger partial charge in [0.15, 0.2) is 0 Å². The molecule has 0 rings (SSSR count). The van der Waals surface area contributed by atoms with Crippen molar-refractivity contribution in [2.75, 3.05) is 37.0 Å². The molecule has 0 fully saturated rings. The summed E-state index contributed by atoms with van der Waals surface area (Å²) in [5, 5.41) is 0. The predicted octanol–water partition coefficient (Wildman–Crippen LogP) is 6.21. The quantitative estimate of drug-likeness (QED) is 0.417. The molecular formula is C12H32Br2CoP2+2. The van der Waals surface area contributed by atoms with Crippen LogP contribution < -0.4 is 0 Å². The van der Waals surface area contributed by atoms with E-state index >= 15 is 0 Å². The van der Waals surface area contributed by atoms with Crippen molar-refractivity contribution >= 4 is 44.2 Å². The van der Waals surface area contributed by atoms with Crippen molar-refractivity contribution in [2.45, 2.75) is 41.5 Å². The minimum absolute atomic E-state index is 0.137. The van der Waals surface area contributed by atoms with Crippen LogP contribution >= 0.6 is 44.2 Å². The van der Waals surface area contributed by atoms with Crippen molar-refractivity contribution in [3.63, 3.8) is 0 Å². The molecule has 111 valence electrons. The molecule has 0 nitrogen and oxygen atoms in total. The van der Waals surface area contributed by atoms with Crippen molar-refractivity contribution in [3.05, 3.63) is 0 Å². The molecular weight excluding hydrogens is 425 g/mol. The van der Waals surface area contributed by atoms with Gasteiger partial charge in [-0.2, -0.15) is 0 Å². The molecule has 0 atom stereocenters. The number of rotatable bonds is 6. The maximum atomic E-state index is 3.03. The average Bonchev–Trinajstić information content (AvgIpc) is 2.35. The molecule has 0 aliphatic carbocycles. The molecule has 0 aliphatic rings. The van der Waals surface area contributed by atoms with E-state index in [1.807, 2.05) is 0 Å². The first-order chi connectivity index (χ1) is 8.11. The Hall–Kier alpha value is 2.33. The summed E-state index contributed by atoms with van der Waals surface area (Å²) in [7, 11) is 0.275. The van der Waals surface area contributed by atoms with Gasteiger partial charge in [0.2, 0.25) is 0 Å². The Morgan fingerprint density at radius 2 is 0.706 bits per heavy atom. The molecule has 0 N–H and O–H groups in total. The van der Waals surface area contributed by atoms with Crippen LogP contribution in [0.5, 0.6) is 0 Å². The van der Waals surface area contributed by atoms with Crippen LogP contribution in [0.3, 0.4) is 0 Å². The fraction of sp³-hybridized carbons (Fsp3) is 1.00. The molecule has 0 radical (unpaired) electrons. The Labute approximate surface area is 133 Å². The zero-order valence-corrected chi connectivity index (χ0v) is 18.5. The summed E-state index contributed by atoms with van der Waals surface area (Å²) < 4.78 is 0. The Morgan fingerprint density at radius 1 is 0.588 bits per heavy atom. The van der Waals surface area contributed by atoms with E-state index in [9.17, 15) is 0 Å². The van der Waals surface area contributed by atoms with E-state index in [1.54, 1.807) is 0 Å². The van der Waals surface area contributed by atoms with Gasteiger partial charge in [0.25, 0.3) is 0 Å². The monoisotopic (exact) mass is 455 g/mol. The van der Waals surface area contributed by atoms with Crippen molar-refractivity contribution in [2.24, 2.45) is 0 Å². The van der Waals surface area contributed by atoms with Crippen LogP contribution in [0.4, 0.5) is 0 Å². The van der Waals surface area contributed by atoms with Gasteiger partial charge in [-0.3, -0.25) is 0 Å². The van der Waals surface area contributed by atoms with Gasteiger partial charge in [-0.05, 0) is 57.4 Å². The second kappa shape index (κ2) is 23.4. The fourth-order valence-corrected chi connectivity index (χ4v) is 4.50. The molecule has 0 aromatic carbocycles. The molecule has 0 heterocycles. The average molecular weight is 457 g/mol. The first-order valence-corrected chi connectivity index (χ1v) is 16.0. The molecule has 0 aliphatic heterocycles. The Kier molecular flexibility index (Phi) is 33.5. The topological polar surface area (TPSA) is 0 Å². The number of hydrogen-bond acceptors (Lipinski definition) is 0. The molecule has 0 spiro atoms. The van der Waals surface area contributed by atoms with Gasteiger partial charge in [0.1, 0.15) is 0 Å². The SMILES string of the molecule is CC[PH+](CC)CC.CC[PH+](CC)CC.[Br][Co][Br]. The van der Waals surface area contributed by atoms with Gasteiger partial charge in [-0.1, -0.05) is 0 Å². The van der Waals surface area contributed by atoms with E-state index in [0.29, 0.717) is 0 Å². The summed E-state index contributed by atoms with van der Waals surface area (Å²) in [6.45, 7) is 13.8. The molecule has 0 amide bonds. The molecule has 5 heteroatoms. The van der Waals surface area contributed by atoms with Crippen LogP contribution in [0.15, 0.2) is 0 Å². The van der Waals surface area contributed by atoms with E-state index in [4.69, 9.17) is 0 Å². The fourth-order valence-electron chi connectivity index (χ4n) is 1.50. The third-order valence-corrected chi connectivity index (χ3v) is 9.00. The third-order valence-electron chi connectivity index (χ3n) is 3.00. The van der Waals surface area contributed by atoms with Crippen LogP contribution in [-0.2, 0) is 11.1 Å². The second-order valence-corrected chi connectivity index (χ2v) is 16.2. The van der Waals surface area contributed by atoms with E-state index in [2.05, 4.69) is 69.9 Å². The number of halogens is 2. The van der Waals surface area contributed by atoms with Crippen LogP contribution in [0.1, 0.15) is 41.5 Å². The van der Waals surface area contributed by atoms with E-state index in [-0.39, 0.29) is 15.8 Å². The van der Waals surface area contributed by atoms with E-state index in [1.165, 1.54) is 37.0 Å². The second-order valence-electron chi connectivity index (χ2n) is 3.67. The minimum atomic E-state index is 0.137. The van der Waals surface area contributed by atoms with Gasteiger partial charge < -0.3 is 0 Å². The zero-order valence-electron chi connectivity index (χ0n) is 12.3. The summed E-state index contributed by atoms with van der Waals surface area (Å²) in [4.78, 5) is 0. The molecule has 0 aromatic rings. The standard InChI is InChI=1S/2C6H15P.2BrH.Co/c2*1-4-7(5-2)6-3;;;/h2*4-6H2,1-3H3;2*1H;/q;;;;+2. The summed E-state index contributed by atoms with van der Waals surface area (Å²) in [5.41, 5.74) is 0. The van der Waals surface area contributed by atoms with Gasteiger partial charge in [-0.25, -0.2) is 0 Å². The first kappa shape index (κ1) is 24.4. The zero-order chi connectivity index (χ0) is 14.1. The normalized spacial score (nSPS) is 9.76. The van der Waals surface area contributed by atoms with Crippen LogP contribution in [-0.4, -0.2) is 37.0 Å². The molecule has 0 saturated heterocycles. The summed E-state index contributed by atoms with van der Waals surface area (Å²) in [6.07, 6.45) is 8.74. The van der Waals surface area contributed by atoms with Gasteiger partial charge in [-0.15, -0.1) is 0 Å². The maximum absolute atomic E-state index is 3.03. The van der Waals surface area contributed by atoms with Gasteiger partial charge in [0, 0.05) is 0 Å². The molecule has 0 unspecified atom stereocenters. The Balaban J connectivity index is -0.000000188. The molecule has 0 aromatic heterocycles. The van der Waals surface area contributed by atoms with Crippen LogP contribution in [0.2, 0.25) is 0 Å². The Morgan fingerprint density at radius 3 is 0.706 bits per heavy atom. The molecule has 0 saturated carbocycles. The summed E-state index contributed by atoms with van der Waals surface area (Å²) >= 11 is 7.12. The van der Waals surface area contributed by atoms with Crippen LogP contribution in [0, 0.1) is 0 Å². The van der Waals surface area contributed by atoms with Gasteiger partial charge >= 0.3 is 39.5 Å². The van der Waals surface area contributed by atoms with Crippen molar-refractivity contribution in [3.8, 4) is 0 Å². The third kappa shape index (κ3) is 23.8. The summed E-state index contributed by atoms with van der Waals surface area (Å²) in [5.74, 6) is 0. The van der Waals surface area contributed by atoms with Crippen molar-refractivity contribution < 1.29 is 11.1 Å². The van der Waals surface area contributed by atoms with Crippen LogP contribution in [0.25, 0.3) is 0 Å². The number of hydrogen-bond donors (Lipinski definition) is 0. The van der Waals surface area contributed by atoms with Crippen molar-refractivity contribution in [1.82, 2.24) is 0 Å². The van der Waals surface area contributed by atoms with Gasteiger partial charge in [0.05, 0.1) is 37.0 Å². The first-order valence-electron chi connectivity index (χ1n) is 6.62. The molecule has 0 bridgehead atoms.